The Morgan fingerprint density at radius 3 is 2.87 bits per heavy atom. The first-order valence-corrected chi connectivity index (χ1v) is 4.83. The maximum absolute atomic E-state index is 5.54. The van der Waals surface area contributed by atoms with Crippen molar-refractivity contribution in [1.82, 2.24) is 19.7 Å². The van der Waals surface area contributed by atoms with E-state index in [-0.39, 0.29) is 5.95 Å². The highest BCUT2D eigenvalue weighted by Gasteiger charge is 2.08. The van der Waals surface area contributed by atoms with Crippen LogP contribution in [0.1, 0.15) is 12.6 Å². The number of rotatable bonds is 2. The average Bonchev–Trinajstić information content (AvgIpc) is 2.60. The maximum atomic E-state index is 5.54. The van der Waals surface area contributed by atoms with Gasteiger partial charge in [0.1, 0.15) is 0 Å². The number of hydrogen-bond acceptors (Lipinski definition) is 4. The molecule has 2 aromatic heterocycles. The Balaban J connectivity index is 2.48. The highest BCUT2D eigenvalue weighted by Crippen LogP contribution is 2.20. The fraction of sp³-hybridized carbons (Fsp3) is 0.300. The number of nitrogens with two attached hydrogens (primary N) is 1. The lowest BCUT2D eigenvalue weighted by Gasteiger charge is -1.97. The lowest BCUT2D eigenvalue weighted by molar-refractivity contribution is 0.653. The first-order valence-electron chi connectivity index (χ1n) is 4.83. The van der Waals surface area contributed by atoms with Gasteiger partial charge in [0.25, 0.3) is 0 Å². The molecule has 2 aromatic rings. The minimum Gasteiger partial charge on any atom is -0.368 e. The first-order chi connectivity index (χ1) is 7.20. The molecule has 5 nitrogen and oxygen atoms in total. The molecule has 2 rings (SSSR count). The molecular weight excluding hydrogens is 190 g/mol. The van der Waals surface area contributed by atoms with Crippen molar-refractivity contribution in [2.24, 2.45) is 0 Å². The zero-order valence-electron chi connectivity index (χ0n) is 8.81. The fourth-order valence-corrected chi connectivity index (χ4v) is 1.46. The minimum atomic E-state index is 0.288. The van der Waals surface area contributed by atoms with Crippen LogP contribution in [-0.2, 0) is 6.54 Å². The standard InChI is InChI=1S/C10H13N5/c1-3-15-6-8(7(2)14-15)9-4-5-12-10(11)13-9/h4-6H,3H2,1-2H3,(H2,11,12,13). The molecule has 0 saturated heterocycles. The van der Waals surface area contributed by atoms with Crippen molar-refractivity contribution < 1.29 is 0 Å². The van der Waals surface area contributed by atoms with Gasteiger partial charge in [0.15, 0.2) is 0 Å². The normalized spacial score (nSPS) is 10.5. The van der Waals surface area contributed by atoms with Crippen LogP contribution in [0.5, 0.6) is 0 Å². The van der Waals surface area contributed by atoms with Gasteiger partial charge >= 0.3 is 0 Å². The van der Waals surface area contributed by atoms with Crippen molar-refractivity contribution in [3.05, 3.63) is 24.2 Å². The topological polar surface area (TPSA) is 69.6 Å². The Bertz CT molecular complexity index is 474. The van der Waals surface area contributed by atoms with Crippen molar-refractivity contribution in [1.29, 1.82) is 0 Å². The van der Waals surface area contributed by atoms with E-state index >= 15 is 0 Å². The minimum absolute atomic E-state index is 0.288. The summed E-state index contributed by atoms with van der Waals surface area (Å²) in [5.41, 5.74) is 8.31. The Kier molecular flexibility index (Phi) is 2.37. The van der Waals surface area contributed by atoms with Crippen LogP contribution in [0.2, 0.25) is 0 Å². The Labute approximate surface area is 88.0 Å². The molecule has 0 aliphatic rings. The van der Waals surface area contributed by atoms with Crippen LogP contribution < -0.4 is 5.73 Å². The Morgan fingerprint density at radius 1 is 1.47 bits per heavy atom. The molecule has 0 spiro atoms. The second kappa shape index (κ2) is 3.68. The predicted molar refractivity (Wildman–Crippen MR) is 58.1 cm³/mol. The lowest BCUT2D eigenvalue weighted by atomic mass is 10.2. The summed E-state index contributed by atoms with van der Waals surface area (Å²) in [4.78, 5) is 8.03. The predicted octanol–water partition coefficient (Wildman–Crippen LogP) is 1.25. The molecule has 2 N–H and O–H groups in total. The van der Waals surface area contributed by atoms with Crippen LogP contribution in [0.3, 0.4) is 0 Å². The van der Waals surface area contributed by atoms with E-state index in [1.165, 1.54) is 0 Å². The van der Waals surface area contributed by atoms with Crippen molar-refractivity contribution in [2.75, 3.05) is 5.73 Å². The van der Waals surface area contributed by atoms with E-state index in [2.05, 4.69) is 15.1 Å². The SMILES string of the molecule is CCn1cc(-c2ccnc(N)n2)c(C)n1. The van der Waals surface area contributed by atoms with E-state index < -0.39 is 0 Å². The molecule has 5 heteroatoms. The van der Waals surface area contributed by atoms with Gasteiger partial charge in [-0.2, -0.15) is 5.10 Å². The number of aromatic nitrogens is 4. The summed E-state index contributed by atoms with van der Waals surface area (Å²) >= 11 is 0. The van der Waals surface area contributed by atoms with Crippen LogP contribution in [-0.4, -0.2) is 19.7 Å². The summed E-state index contributed by atoms with van der Waals surface area (Å²) in [6.45, 7) is 4.85. The summed E-state index contributed by atoms with van der Waals surface area (Å²) in [5, 5.41) is 4.35. The van der Waals surface area contributed by atoms with Crippen LogP contribution in [0.15, 0.2) is 18.5 Å². The molecule has 0 radical (unpaired) electrons. The smallest absolute Gasteiger partial charge is 0.220 e. The Morgan fingerprint density at radius 2 is 2.27 bits per heavy atom. The van der Waals surface area contributed by atoms with Crippen molar-refractivity contribution in [3.63, 3.8) is 0 Å². The van der Waals surface area contributed by atoms with Gasteiger partial charge in [0.2, 0.25) is 5.95 Å². The molecule has 0 fully saturated rings. The van der Waals surface area contributed by atoms with E-state index in [1.54, 1.807) is 6.20 Å². The van der Waals surface area contributed by atoms with Gasteiger partial charge in [0, 0.05) is 24.5 Å². The number of hydrogen-bond donors (Lipinski definition) is 1. The summed E-state index contributed by atoms with van der Waals surface area (Å²) < 4.78 is 1.88. The number of aryl methyl sites for hydroxylation is 2. The molecule has 0 saturated carbocycles. The molecule has 0 aliphatic carbocycles. The van der Waals surface area contributed by atoms with E-state index in [9.17, 15) is 0 Å². The first kappa shape index (κ1) is 9.64. The van der Waals surface area contributed by atoms with Gasteiger partial charge < -0.3 is 5.73 Å². The van der Waals surface area contributed by atoms with E-state index in [0.717, 1.165) is 23.5 Å². The monoisotopic (exact) mass is 203 g/mol. The summed E-state index contributed by atoms with van der Waals surface area (Å²) in [7, 11) is 0. The highest BCUT2D eigenvalue weighted by atomic mass is 15.3. The third-order valence-corrected chi connectivity index (χ3v) is 2.22. The van der Waals surface area contributed by atoms with E-state index in [1.807, 2.05) is 30.8 Å². The summed E-state index contributed by atoms with van der Waals surface area (Å²) in [6.07, 6.45) is 3.62. The zero-order valence-corrected chi connectivity index (χ0v) is 8.81. The quantitative estimate of drug-likeness (QED) is 0.797. The molecule has 15 heavy (non-hydrogen) atoms. The second-order valence-corrected chi connectivity index (χ2v) is 3.28. The molecular formula is C10H13N5. The molecule has 0 aliphatic heterocycles. The van der Waals surface area contributed by atoms with Gasteiger partial charge in [-0.3, -0.25) is 4.68 Å². The number of nitrogens with zero attached hydrogens (tertiary/aromatic N) is 4. The molecule has 0 amide bonds. The summed E-state index contributed by atoms with van der Waals surface area (Å²) in [5.74, 6) is 0.288. The summed E-state index contributed by atoms with van der Waals surface area (Å²) in [6, 6.07) is 1.83. The molecule has 0 atom stereocenters. The van der Waals surface area contributed by atoms with Crippen molar-refractivity contribution >= 4 is 5.95 Å². The van der Waals surface area contributed by atoms with Crippen LogP contribution in [0, 0.1) is 6.92 Å². The maximum Gasteiger partial charge on any atom is 0.220 e. The van der Waals surface area contributed by atoms with E-state index in [4.69, 9.17) is 5.73 Å². The Hall–Kier alpha value is -1.91. The van der Waals surface area contributed by atoms with Crippen LogP contribution >= 0.6 is 0 Å². The fourth-order valence-electron chi connectivity index (χ4n) is 1.46. The van der Waals surface area contributed by atoms with Gasteiger partial charge in [-0.1, -0.05) is 0 Å². The average molecular weight is 203 g/mol. The molecule has 0 aromatic carbocycles. The second-order valence-electron chi connectivity index (χ2n) is 3.28. The van der Waals surface area contributed by atoms with Crippen molar-refractivity contribution in [3.8, 4) is 11.3 Å². The number of anilines is 1. The largest absolute Gasteiger partial charge is 0.368 e. The number of nitrogen functional groups attached to an aromatic ring is 1. The third-order valence-electron chi connectivity index (χ3n) is 2.22. The van der Waals surface area contributed by atoms with Crippen LogP contribution in [0.4, 0.5) is 5.95 Å². The van der Waals surface area contributed by atoms with Gasteiger partial charge in [-0.15, -0.1) is 0 Å². The van der Waals surface area contributed by atoms with Crippen molar-refractivity contribution in [2.45, 2.75) is 20.4 Å². The highest BCUT2D eigenvalue weighted by molar-refractivity contribution is 5.61. The molecule has 2 heterocycles. The molecule has 78 valence electrons. The van der Waals surface area contributed by atoms with Gasteiger partial charge in [-0.05, 0) is 19.9 Å². The van der Waals surface area contributed by atoms with Gasteiger partial charge in [0.05, 0.1) is 11.4 Å². The molecule has 0 unspecified atom stereocenters. The van der Waals surface area contributed by atoms with E-state index in [0.29, 0.717) is 0 Å². The lowest BCUT2D eigenvalue weighted by Crippen LogP contribution is -1.95. The van der Waals surface area contributed by atoms with Crippen LogP contribution in [0.25, 0.3) is 11.3 Å². The zero-order chi connectivity index (χ0) is 10.8. The van der Waals surface area contributed by atoms with Gasteiger partial charge in [-0.25, -0.2) is 9.97 Å². The molecule has 0 bridgehead atoms. The third kappa shape index (κ3) is 1.81.